The number of carbonyl (C=O) groups is 1. The molecule has 5 nitrogen and oxygen atoms in total. The standard InChI is InChI=1S/C14H13F2N3O2/c1-2-21-14(20)8-6-7-18-13(12(8)17)19-10-5-3-4-9(15)11(10)16/h3-7H,2,17H2,1H3,(H,18,19). The first-order valence-electron chi connectivity index (χ1n) is 6.17. The van der Waals surface area contributed by atoms with Crippen LogP contribution in [0.25, 0.3) is 0 Å². The van der Waals surface area contributed by atoms with Crippen molar-refractivity contribution < 1.29 is 18.3 Å². The highest BCUT2D eigenvalue weighted by Crippen LogP contribution is 2.26. The first-order chi connectivity index (χ1) is 10.0. The molecule has 0 aliphatic heterocycles. The zero-order valence-corrected chi connectivity index (χ0v) is 11.2. The van der Waals surface area contributed by atoms with Crippen LogP contribution in [0.3, 0.4) is 0 Å². The van der Waals surface area contributed by atoms with Crippen LogP contribution < -0.4 is 11.1 Å². The summed E-state index contributed by atoms with van der Waals surface area (Å²) in [5.41, 5.74) is 5.78. The van der Waals surface area contributed by atoms with Gasteiger partial charge in [0, 0.05) is 6.20 Å². The number of aromatic nitrogens is 1. The van der Waals surface area contributed by atoms with Crippen molar-refractivity contribution in [1.29, 1.82) is 0 Å². The van der Waals surface area contributed by atoms with Gasteiger partial charge >= 0.3 is 5.97 Å². The fourth-order valence-corrected chi connectivity index (χ4v) is 1.69. The summed E-state index contributed by atoms with van der Waals surface area (Å²) in [5.74, 6) is -2.62. The lowest BCUT2D eigenvalue weighted by Gasteiger charge is -2.12. The highest BCUT2D eigenvalue weighted by molar-refractivity contribution is 5.98. The van der Waals surface area contributed by atoms with Gasteiger partial charge < -0.3 is 15.8 Å². The van der Waals surface area contributed by atoms with E-state index in [0.717, 1.165) is 6.07 Å². The number of nitrogens with one attached hydrogen (secondary N) is 1. The second kappa shape index (κ2) is 6.17. The van der Waals surface area contributed by atoms with Crippen molar-refractivity contribution in [1.82, 2.24) is 4.98 Å². The predicted octanol–water partition coefficient (Wildman–Crippen LogP) is 2.86. The topological polar surface area (TPSA) is 77.2 Å². The van der Waals surface area contributed by atoms with E-state index in [2.05, 4.69) is 10.3 Å². The van der Waals surface area contributed by atoms with E-state index in [1.807, 2.05) is 0 Å². The number of ether oxygens (including phenoxy) is 1. The third-order valence-electron chi connectivity index (χ3n) is 2.69. The Hall–Kier alpha value is -2.70. The number of rotatable bonds is 4. The quantitative estimate of drug-likeness (QED) is 0.848. The van der Waals surface area contributed by atoms with Crippen molar-refractivity contribution in [3.8, 4) is 0 Å². The molecule has 0 aliphatic rings. The van der Waals surface area contributed by atoms with Gasteiger partial charge in [0.05, 0.1) is 23.5 Å². The summed E-state index contributed by atoms with van der Waals surface area (Å²) in [6.07, 6.45) is 1.32. The Morgan fingerprint density at radius 2 is 2.14 bits per heavy atom. The van der Waals surface area contributed by atoms with E-state index < -0.39 is 17.6 Å². The van der Waals surface area contributed by atoms with Crippen molar-refractivity contribution in [3.05, 3.63) is 47.7 Å². The van der Waals surface area contributed by atoms with Crippen molar-refractivity contribution in [2.45, 2.75) is 6.92 Å². The normalized spacial score (nSPS) is 10.2. The maximum absolute atomic E-state index is 13.6. The molecule has 2 aromatic rings. The molecule has 0 aliphatic carbocycles. The van der Waals surface area contributed by atoms with Gasteiger partial charge in [-0.3, -0.25) is 0 Å². The average molecular weight is 293 g/mol. The summed E-state index contributed by atoms with van der Waals surface area (Å²) in [5, 5.41) is 2.56. The van der Waals surface area contributed by atoms with E-state index in [1.165, 1.54) is 24.4 Å². The van der Waals surface area contributed by atoms with Crippen LogP contribution in [0.4, 0.5) is 26.0 Å². The lowest BCUT2D eigenvalue weighted by molar-refractivity contribution is 0.0527. The number of halogens is 2. The minimum atomic E-state index is -1.06. The third-order valence-corrected chi connectivity index (χ3v) is 2.69. The van der Waals surface area contributed by atoms with Crippen LogP contribution in [0, 0.1) is 11.6 Å². The molecule has 1 aromatic heterocycles. The Balaban J connectivity index is 2.35. The smallest absolute Gasteiger partial charge is 0.340 e. The largest absolute Gasteiger partial charge is 0.462 e. The van der Waals surface area contributed by atoms with Crippen molar-refractivity contribution >= 4 is 23.2 Å². The number of esters is 1. The molecule has 7 heteroatoms. The molecule has 0 spiro atoms. The van der Waals surface area contributed by atoms with Crippen molar-refractivity contribution in [2.75, 3.05) is 17.7 Å². The number of hydrogen-bond donors (Lipinski definition) is 2. The monoisotopic (exact) mass is 293 g/mol. The molecular weight excluding hydrogens is 280 g/mol. The number of nitrogens with two attached hydrogens (primary N) is 1. The number of benzene rings is 1. The van der Waals surface area contributed by atoms with Crippen LogP contribution in [-0.4, -0.2) is 17.6 Å². The van der Waals surface area contributed by atoms with E-state index >= 15 is 0 Å². The van der Waals surface area contributed by atoms with Gasteiger partial charge in [-0.05, 0) is 25.1 Å². The molecule has 0 saturated heterocycles. The van der Waals surface area contributed by atoms with E-state index in [-0.39, 0.29) is 29.4 Å². The molecule has 0 fully saturated rings. The molecule has 0 atom stereocenters. The molecule has 0 bridgehead atoms. The molecular formula is C14H13F2N3O2. The molecule has 3 N–H and O–H groups in total. The minimum absolute atomic E-state index is 0.000360. The van der Waals surface area contributed by atoms with Gasteiger partial charge in [-0.15, -0.1) is 0 Å². The van der Waals surface area contributed by atoms with Gasteiger partial charge in [-0.1, -0.05) is 6.07 Å². The summed E-state index contributed by atoms with van der Waals surface area (Å²) in [6, 6.07) is 5.05. The molecule has 21 heavy (non-hydrogen) atoms. The van der Waals surface area contributed by atoms with Crippen LogP contribution in [0.15, 0.2) is 30.5 Å². The van der Waals surface area contributed by atoms with Crippen LogP contribution in [0.1, 0.15) is 17.3 Å². The van der Waals surface area contributed by atoms with Gasteiger partial charge in [-0.25, -0.2) is 18.6 Å². The maximum Gasteiger partial charge on any atom is 0.340 e. The maximum atomic E-state index is 13.6. The molecule has 1 aromatic carbocycles. The third kappa shape index (κ3) is 3.07. The molecule has 0 radical (unpaired) electrons. The van der Waals surface area contributed by atoms with Crippen LogP contribution in [-0.2, 0) is 4.74 Å². The number of hydrogen-bond acceptors (Lipinski definition) is 5. The van der Waals surface area contributed by atoms with E-state index in [9.17, 15) is 13.6 Å². The number of nitrogens with zero attached hydrogens (tertiary/aromatic N) is 1. The van der Waals surface area contributed by atoms with Gasteiger partial charge in [-0.2, -0.15) is 0 Å². The Morgan fingerprint density at radius 3 is 2.86 bits per heavy atom. The fraction of sp³-hybridized carbons (Fsp3) is 0.143. The highest BCUT2D eigenvalue weighted by atomic mass is 19.2. The van der Waals surface area contributed by atoms with E-state index in [0.29, 0.717) is 0 Å². The molecule has 0 unspecified atom stereocenters. The summed E-state index contributed by atoms with van der Waals surface area (Å²) in [4.78, 5) is 15.6. The zero-order chi connectivity index (χ0) is 15.4. The highest BCUT2D eigenvalue weighted by Gasteiger charge is 2.16. The van der Waals surface area contributed by atoms with Gasteiger partial charge in [0.1, 0.15) is 0 Å². The van der Waals surface area contributed by atoms with Gasteiger partial charge in [0.25, 0.3) is 0 Å². The van der Waals surface area contributed by atoms with Crippen molar-refractivity contribution in [3.63, 3.8) is 0 Å². The lowest BCUT2D eigenvalue weighted by atomic mass is 10.2. The molecule has 0 amide bonds. The lowest BCUT2D eigenvalue weighted by Crippen LogP contribution is -2.11. The number of nitrogen functional groups attached to an aromatic ring is 1. The molecule has 2 rings (SSSR count). The Labute approximate surface area is 119 Å². The van der Waals surface area contributed by atoms with Gasteiger partial charge in [0.15, 0.2) is 17.5 Å². The summed E-state index contributed by atoms with van der Waals surface area (Å²) in [7, 11) is 0. The summed E-state index contributed by atoms with van der Waals surface area (Å²) >= 11 is 0. The van der Waals surface area contributed by atoms with E-state index in [4.69, 9.17) is 10.5 Å². The van der Waals surface area contributed by atoms with Crippen LogP contribution in [0.5, 0.6) is 0 Å². The molecule has 110 valence electrons. The van der Waals surface area contributed by atoms with E-state index in [1.54, 1.807) is 6.92 Å². The zero-order valence-electron chi connectivity index (χ0n) is 11.2. The Kier molecular flexibility index (Phi) is 4.32. The van der Waals surface area contributed by atoms with Crippen molar-refractivity contribution in [2.24, 2.45) is 0 Å². The average Bonchev–Trinajstić information content (AvgIpc) is 2.46. The number of carbonyl (C=O) groups excluding carboxylic acids is 1. The van der Waals surface area contributed by atoms with Gasteiger partial charge in [0.2, 0.25) is 0 Å². The second-order valence-corrected chi connectivity index (χ2v) is 4.07. The number of anilines is 3. The first-order valence-corrected chi connectivity index (χ1v) is 6.17. The molecule has 0 saturated carbocycles. The molecule has 1 heterocycles. The summed E-state index contributed by atoms with van der Waals surface area (Å²) < 4.78 is 31.6. The second-order valence-electron chi connectivity index (χ2n) is 4.07. The van der Waals surface area contributed by atoms with Crippen LogP contribution >= 0.6 is 0 Å². The SMILES string of the molecule is CCOC(=O)c1ccnc(Nc2cccc(F)c2F)c1N. The predicted molar refractivity (Wildman–Crippen MR) is 74.2 cm³/mol. The Bertz CT molecular complexity index is 677. The minimum Gasteiger partial charge on any atom is -0.462 e. The Morgan fingerprint density at radius 1 is 1.38 bits per heavy atom. The summed E-state index contributed by atoms with van der Waals surface area (Å²) in [6.45, 7) is 1.86. The number of pyridine rings is 1. The first kappa shape index (κ1) is 14.7. The van der Waals surface area contributed by atoms with Crippen LogP contribution in [0.2, 0.25) is 0 Å². The fourth-order valence-electron chi connectivity index (χ4n) is 1.69.